The number of hydrogen-bond donors (Lipinski definition) is 0. The molecule has 5 heteroatoms. The molecule has 0 amide bonds. The first-order chi connectivity index (χ1) is 6.20. The molecule has 0 saturated carbocycles. The van der Waals surface area contributed by atoms with Crippen molar-refractivity contribution in [3.63, 3.8) is 0 Å². The molecular weight excluding hydrogens is 193 g/mol. The second-order valence-electron chi connectivity index (χ2n) is 2.27. The molecule has 0 fully saturated rings. The normalized spacial score (nSPS) is 9.43. The van der Waals surface area contributed by atoms with E-state index >= 15 is 0 Å². The number of rotatable bonds is 3. The number of carbonyl (C=O) groups excluding carboxylic acids is 2. The number of ketones is 1. The van der Waals surface area contributed by atoms with Crippen molar-refractivity contribution in [3.8, 4) is 0 Å². The molecule has 0 atom stereocenters. The van der Waals surface area contributed by atoms with Crippen LogP contribution in [-0.2, 0) is 9.59 Å². The Hall–Kier alpha value is -0.970. The second-order valence-corrected chi connectivity index (χ2v) is 2.27. The number of aromatic nitrogens is 1. The van der Waals surface area contributed by atoms with Crippen LogP contribution in [0, 0.1) is 0 Å². The van der Waals surface area contributed by atoms with E-state index in [1.165, 1.54) is 12.3 Å². The molecular formula is C9H6NNaO3. The van der Waals surface area contributed by atoms with Gasteiger partial charge in [0.2, 0.25) is 5.78 Å². The Morgan fingerprint density at radius 3 is 2.64 bits per heavy atom. The smallest absolute Gasteiger partial charge is 0.541 e. The van der Waals surface area contributed by atoms with Crippen LogP contribution < -0.4 is 34.7 Å². The minimum absolute atomic E-state index is 0. The van der Waals surface area contributed by atoms with Crippen LogP contribution in [0.15, 0.2) is 30.6 Å². The van der Waals surface area contributed by atoms with Gasteiger partial charge in [-0.15, -0.1) is 0 Å². The standard InChI is InChI=1S/C9H7NO3.Na/c11-8(9(12)13)4-3-7-2-1-5-10-6-7;/h1-6H,(H,12,13);/q;+1/p-1. The van der Waals surface area contributed by atoms with Crippen LogP contribution in [0.4, 0.5) is 0 Å². The summed E-state index contributed by atoms with van der Waals surface area (Å²) in [6.45, 7) is 0. The molecule has 0 aliphatic carbocycles. The Balaban J connectivity index is 0.00000169. The topological polar surface area (TPSA) is 70.1 Å². The fourth-order valence-electron chi connectivity index (χ4n) is 0.715. The Kier molecular flexibility index (Phi) is 6.03. The minimum Gasteiger partial charge on any atom is -0.541 e. The van der Waals surface area contributed by atoms with Crippen molar-refractivity contribution in [1.82, 2.24) is 4.98 Å². The summed E-state index contributed by atoms with van der Waals surface area (Å²) < 4.78 is 0. The maximum absolute atomic E-state index is 10.5. The van der Waals surface area contributed by atoms with Crippen molar-refractivity contribution in [3.05, 3.63) is 36.2 Å². The van der Waals surface area contributed by atoms with Crippen molar-refractivity contribution in [1.29, 1.82) is 0 Å². The van der Waals surface area contributed by atoms with Gasteiger partial charge in [0.05, 0.1) is 0 Å². The van der Waals surface area contributed by atoms with Gasteiger partial charge in [-0.1, -0.05) is 6.07 Å². The van der Waals surface area contributed by atoms with Gasteiger partial charge in [0, 0.05) is 12.4 Å². The van der Waals surface area contributed by atoms with E-state index in [1.807, 2.05) is 0 Å². The maximum atomic E-state index is 10.5. The summed E-state index contributed by atoms with van der Waals surface area (Å²) >= 11 is 0. The molecule has 0 spiro atoms. The van der Waals surface area contributed by atoms with Gasteiger partial charge in [0.15, 0.2) is 0 Å². The van der Waals surface area contributed by atoms with Gasteiger partial charge < -0.3 is 9.90 Å². The van der Waals surface area contributed by atoms with E-state index in [0.29, 0.717) is 5.56 Å². The van der Waals surface area contributed by atoms with E-state index in [9.17, 15) is 14.7 Å². The summed E-state index contributed by atoms with van der Waals surface area (Å²) in [6.07, 6.45) is 5.40. The molecule has 1 heterocycles. The van der Waals surface area contributed by atoms with E-state index in [4.69, 9.17) is 0 Å². The third-order valence-electron chi connectivity index (χ3n) is 1.31. The van der Waals surface area contributed by atoms with E-state index in [1.54, 1.807) is 18.3 Å². The predicted molar refractivity (Wildman–Crippen MR) is 43.3 cm³/mol. The molecule has 0 N–H and O–H groups in total. The third kappa shape index (κ3) is 4.32. The number of carboxylic acids is 1. The van der Waals surface area contributed by atoms with Crippen molar-refractivity contribution < 1.29 is 44.3 Å². The number of aliphatic carboxylic acids is 1. The SMILES string of the molecule is O=C([O-])C(=O)C=Cc1cccnc1.[Na+]. The largest absolute Gasteiger partial charge is 1.00 e. The molecule has 1 aromatic heterocycles. The summed E-state index contributed by atoms with van der Waals surface area (Å²) in [6, 6.07) is 3.38. The molecule has 0 saturated heterocycles. The summed E-state index contributed by atoms with van der Waals surface area (Å²) in [5.74, 6) is -2.76. The van der Waals surface area contributed by atoms with E-state index in [0.717, 1.165) is 6.08 Å². The van der Waals surface area contributed by atoms with Crippen LogP contribution in [-0.4, -0.2) is 16.7 Å². The molecule has 66 valence electrons. The van der Waals surface area contributed by atoms with E-state index in [-0.39, 0.29) is 29.6 Å². The number of hydrogen-bond acceptors (Lipinski definition) is 4. The fraction of sp³-hybridized carbons (Fsp3) is 0. The van der Waals surface area contributed by atoms with E-state index in [2.05, 4.69) is 4.98 Å². The molecule has 0 aliphatic heterocycles. The van der Waals surface area contributed by atoms with Crippen molar-refractivity contribution in [2.45, 2.75) is 0 Å². The van der Waals surface area contributed by atoms with Gasteiger partial charge in [-0.25, -0.2) is 0 Å². The van der Waals surface area contributed by atoms with E-state index < -0.39 is 11.8 Å². The van der Waals surface area contributed by atoms with Crippen molar-refractivity contribution in [2.24, 2.45) is 0 Å². The second kappa shape index (κ2) is 6.48. The third-order valence-corrected chi connectivity index (χ3v) is 1.31. The monoisotopic (exact) mass is 199 g/mol. The molecule has 1 aromatic rings. The fourth-order valence-corrected chi connectivity index (χ4v) is 0.715. The van der Waals surface area contributed by atoms with Gasteiger partial charge >= 0.3 is 29.6 Å². The molecule has 0 radical (unpaired) electrons. The van der Waals surface area contributed by atoms with Crippen LogP contribution in [0.2, 0.25) is 0 Å². The zero-order valence-corrected chi connectivity index (χ0v) is 9.64. The van der Waals surface area contributed by atoms with Gasteiger partial charge in [0.1, 0.15) is 5.97 Å². The molecule has 0 aliphatic rings. The van der Waals surface area contributed by atoms with Gasteiger partial charge in [0.25, 0.3) is 0 Å². The Bertz CT molecular complexity index is 348. The van der Waals surface area contributed by atoms with Gasteiger partial charge in [-0.05, 0) is 23.8 Å². The van der Waals surface area contributed by atoms with Crippen LogP contribution in [0.3, 0.4) is 0 Å². The van der Waals surface area contributed by atoms with Crippen LogP contribution in [0.1, 0.15) is 5.56 Å². The molecule has 0 aromatic carbocycles. The number of carboxylic acid groups (broad SMARTS) is 1. The Labute approximate surface area is 103 Å². The maximum Gasteiger partial charge on any atom is 1.00 e. The average Bonchev–Trinajstić information content (AvgIpc) is 2.15. The summed E-state index contributed by atoms with van der Waals surface area (Å²) in [5.41, 5.74) is 0.664. The zero-order valence-electron chi connectivity index (χ0n) is 7.64. The van der Waals surface area contributed by atoms with Crippen LogP contribution in [0.25, 0.3) is 6.08 Å². The predicted octanol–water partition coefficient (Wildman–Crippen LogP) is -3.58. The molecule has 14 heavy (non-hydrogen) atoms. The first-order valence-corrected chi connectivity index (χ1v) is 3.53. The number of nitrogens with zero attached hydrogens (tertiary/aromatic N) is 1. The first-order valence-electron chi connectivity index (χ1n) is 3.53. The van der Waals surface area contributed by atoms with Gasteiger partial charge in [-0.2, -0.15) is 0 Å². The Morgan fingerprint density at radius 1 is 1.43 bits per heavy atom. The van der Waals surface area contributed by atoms with Crippen LogP contribution in [0.5, 0.6) is 0 Å². The summed E-state index contributed by atoms with van der Waals surface area (Å²) in [7, 11) is 0. The molecule has 1 rings (SSSR count). The average molecular weight is 199 g/mol. The zero-order chi connectivity index (χ0) is 9.68. The quantitative estimate of drug-likeness (QED) is 0.287. The molecule has 0 unspecified atom stereocenters. The first kappa shape index (κ1) is 13.0. The number of carbonyl (C=O) groups is 2. The van der Waals surface area contributed by atoms with Crippen molar-refractivity contribution >= 4 is 17.8 Å². The molecule has 0 bridgehead atoms. The number of pyridine rings is 1. The van der Waals surface area contributed by atoms with Crippen molar-refractivity contribution in [2.75, 3.05) is 0 Å². The molecule has 4 nitrogen and oxygen atoms in total. The van der Waals surface area contributed by atoms with Crippen LogP contribution >= 0.6 is 0 Å². The summed E-state index contributed by atoms with van der Waals surface area (Å²) in [4.78, 5) is 24.3. The summed E-state index contributed by atoms with van der Waals surface area (Å²) in [5, 5.41) is 9.99. The van der Waals surface area contributed by atoms with Gasteiger partial charge in [-0.3, -0.25) is 9.78 Å². The Morgan fingerprint density at radius 2 is 2.14 bits per heavy atom. The minimum atomic E-state index is -1.71.